The van der Waals surface area contributed by atoms with Crippen LogP contribution in [0.25, 0.3) is 0 Å². The minimum absolute atomic E-state index is 0.251. The van der Waals surface area contributed by atoms with Crippen molar-refractivity contribution in [2.24, 2.45) is 0 Å². The van der Waals surface area contributed by atoms with E-state index in [0.717, 1.165) is 24.0 Å². The molecule has 23 heavy (non-hydrogen) atoms. The van der Waals surface area contributed by atoms with Gasteiger partial charge in [0.25, 0.3) is 0 Å². The third-order valence-corrected chi connectivity index (χ3v) is 3.39. The van der Waals surface area contributed by atoms with Gasteiger partial charge in [-0.25, -0.2) is 4.79 Å². The van der Waals surface area contributed by atoms with Crippen LogP contribution in [0.1, 0.15) is 40.5 Å². The number of hydrogen-bond acceptors (Lipinski definition) is 2. The lowest BCUT2D eigenvalue weighted by Gasteiger charge is -2.30. The van der Waals surface area contributed by atoms with Gasteiger partial charge in [-0.15, -0.1) is 0 Å². The Labute approximate surface area is 140 Å². The summed E-state index contributed by atoms with van der Waals surface area (Å²) in [5.74, 6) is 0. The van der Waals surface area contributed by atoms with Crippen molar-refractivity contribution in [3.8, 4) is 0 Å². The summed E-state index contributed by atoms with van der Waals surface area (Å²) in [5, 5.41) is 0. The summed E-state index contributed by atoms with van der Waals surface area (Å²) in [6.45, 7) is 16.8. The molecule has 0 aromatic heterocycles. The van der Waals surface area contributed by atoms with Crippen LogP contribution in [0.2, 0.25) is 0 Å². The first-order chi connectivity index (χ1) is 10.8. The van der Waals surface area contributed by atoms with Crippen LogP contribution < -0.4 is 0 Å². The molecular formula is C20H29NO2. The zero-order valence-electron chi connectivity index (χ0n) is 14.9. The molecule has 0 aliphatic carbocycles. The fraction of sp³-hybridized carbons (Fsp3) is 0.450. The van der Waals surface area contributed by atoms with E-state index in [2.05, 4.69) is 32.2 Å². The zero-order chi connectivity index (χ0) is 17.5. The smallest absolute Gasteiger partial charge is 0.410 e. The van der Waals surface area contributed by atoms with Gasteiger partial charge in [-0.1, -0.05) is 50.5 Å². The molecule has 0 fully saturated rings. The van der Waals surface area contributed by atoms with Crippen molar-refractivity contribution in [2.45, 2.75) is 46.1 Å². The van der Waals surface area contributed by atoms with E-state index in [1.807, 2.05) is 32.9 Å². The van der Waals surface area contributed by atoms with Crippen LogP contribution in [0.4, 0.5) is 4.79 Å². The zero-order valence-corrected chi connectivity index (χ0v) is 14.9. The maximum absolute atomic E-state index is 12.1. The Morgan fingerprint density at radius 1 is 1.43 bits per heavy atom. The standard InChI is InChI=1S/C20H29NO2/c1-7-9-11-16(3)18(10-8-2)17-12-14-21(15-13-17)19(22)23-20(4,5)6/h7,9-12H,1,3,8,13-15H2,2,4-6H3/b11-9-,18-10+. The van der Waals surface area contributed by atoms with E-state index in [9.17, 15) is 4.79 Å². The van der Waals surface area contributed by atoms with Gasteiger partial charge in [0.1, 0.15) is 5.60 Å². The van der Waals surface area contributed by atoms with Crippen molar-refractivity contribution in [3.05, 3.63) is 60.3 Å². The van der Waals surface area contributed by atoms with Crippen LogP contribution in [0, 0.1) is 0 Å². The average molecular weight is 315 g/mol. The van der Waals surface area contributed by atoms with Crippen LogP contribution in [-0.4, -0.2) is 29.7 Å². The van der Waals surface area contributed by atoms with Crippen molar-refractivity contribution in [1.29, 1.82) is 0 Å². The first-order valence-corrected chi connectivity index (χ1v) is 8.14. The van der Waals surface area contributed by atoms with Gasteiger partial charge in [0.2, 0.25) is 0 Å². The summed E-state index contributed by atoms with van der Waals surface area (Å²) in [7, 11) is 0. The molecule has 126 valence electrons. The molecule has 1 rings (SSSR count). The van der Waals surface area contributed by atoms with Gasteiger partial charge in [0.05, 0.1) is 0 Å². The van der Waals surface area contributed by atoms with Crippen LogP contribution in [0.3, 0.4) is 0 Å². The minimum atomic E-state index is -0.460. The second kappa shape index (κ2) is 8.56. The van der Waals surface area contributed by atoms with E-state index in [4.69, 9.17) is 4.74 Å². The summed E-state index contributed by atoms with van der Waals surface area (Å²) in [6, 6.07) is 0. The molecule has 0 unspecified atom stereocenters. The van der Waals surface area contributed by atoms with Crippen LogP contribution in [0.15, 0.2) is 60.3 Å². The minimum Gasteiger partial charge on any atom is -0.444 e. The normalized spacial score (nSPS) is 16.3. The number of ether oxygens (including phenoxy) is 1. The molecule has 0 bridgehead atoms. The van der Waals surface area contributed by atoms with E-state index < -0.39 is 5.60 Å². The molecule has 0 aromatic rings. The monoisotopic (exact) mass is 315 g/mol. The highest BCUT2D eigenvalue weighted by Gasteiger charge is 2.24. The maximum Gasteiger partial charge on any atom is 0.410 e. The van der Waals surface area contributed by atoms with Crippen molar-refractivity contribution in [2.75, 3.05) is 13.1 Å². The number of carbonyl (C=O) groups excluding carboxylic acids is 1. The van der Waals surface area contributed by atoms with Crippen LogP contribution in [0.5, 0.6) is 0 Å². The molecule has 0 radical (unpaired) electrons. The highest BCUT2D eigenvalue weighted by atomic mass is 16.6. The van der Waals surface area contributed by atoms with Crippen molar-refractivity contribution < 1.29 is 9.53 Å². The van der Waals surface area contributed by atoms with Crippen LogP contribution in [-0.2, 0) is 4.74 Å². The lowest BCUT2D eigenvalue weighted by molar-refractivity contribution is 0.0266. The third-order valence-electron chi connectivity index (χ3n) is 3.39. The number of amides is 1. The largest absolute Gasteiger partial charge is 0.444 e. The Kier molecular flexibility index (Phi) is 7.08. The molecular weight excluding hydrogens is 286 g/mol. The van der Waals surface area contributed by atoms with Gasteiger partial charge >= 0.3 is 6.09 Å². The molecule has 0 atom stereocenters. The lowest BCUT2D eigenvalue weighted by atomic mass is 9.93. The number of allylic oxidation sites excluding steroid dienone is 6. The Morgan fingerprint density at radius 2 is 2.13 bits per heavy atom. The van der Waals surface area contributed by atoms with Crippen LogP contribution >= 0.6 is 0 Å². The molecule has 1 aliphatic rings. The first kappa shape index (κ1) is 19.0. The molecule has 0 saturated heterocycles. The van der Waals surface area contributed by atoms with Gasteiger partial charge < -0.3 is 9.64 Å². The van der Waals surface area contributed by atoms with Gasteiger partial charge in [-0.2, -0.15) is 0 Å². The number of rotatable bonds is 5. The van der Waals surface area contributed by atoms with Gasteiger partial charge in [0, 0.05) is 13.1 Å². The number of nitrogens with zero attached hydrogens (tertiary/aromatic N) is 1. The summed E-state index contributed by atoms with van der Waals surface area (Å²) < 4.78 is 5.42. The molecule has 1 amide bonds. The molecule has 0 saturated carbocycles. The van der Waals surface area contributed by atoms with Crippen molar-refractivity contribution in [1.82, 2.24) is 4.90 Å². The van der Waals surface area contributed by atoms with E-state index >= 15 is 0 Å². The van der Waals surface area contributed by atoms with E-state index in [1.165, 1.54) is 5.57 Å². The van der Waals surface area contributed by atoms with Gasteiger partial charge in [-0.05, 0) is 50.3 Å². The van der Waals surface area contributed by atoms with E-state index in [-0.39, 0.29) is 6.09 Å². The maximum atomic E-state index is 12.1. The lowest BCUT2D eigenvalue weighted by Crippen LogP contribution is -2.39. The second-order valence-electron chi connectivity index (χ2n) is 6.55. The first-order valence-electron chi connectivity index (χ1n) is 8.14. The molecule has 0 spiro atoms. The molecule has 3 heteroatoms. The van der Waals surface area contributed by atoms with Gasteiger partial charge in [-0.3, -0.25) is 0 Å². The van der Waals surface area contributed by atoms with Crippen molar-refractivity contribution in [3.63, 3.8) is 0 Å². The SMILES string of the molecule is C=C/C=C\C(=C)/C(=C\CC)C1=CCN(C(=O)OC(C)(C)C)CC1. The Balaban J connectivity index is 2.81. The average Bonchev–Trinajstić information content (AvgIpc) is 2.48. The molecule has 0 N–H and O–H groups in total. The Bertz CT molecular complexity index is 544. The second-order valence-corrected chi connectivity index (χ2v) is 6.55. The summed E-state index contributed by atoms with van der Waals surface area (Å²) in [4.78, 5) is 13.8. The summed E-state index contributed by atoms with van der Waals surface area (Å²) in [5.41, 5.74) is 2.92. The number of carbonyl (C=O) groups is 1. The van der Waals surface area contributed by atoms with E-state index in [1.54, 1.807) is 11.0 Å². The summed E-state index contributed by atoms with van der Waals surface area (Å²) in [6.07, 6.45) is 11.4. The molecule has 0 aromatic carbocycles. The molecule has 3 nitrogen and oxygen atoms in total. The Hall–Kier alpha value is -2.03. The highest BCUT2D eigenvalue weighted by Crippen LogP contribution is 2.26. The summed E-state index contributed by atoms with van der Waals surface area (Å²) >= 11 is 0. The number of hydrogen-bond donors (Lipinski definition) is 0. The predicted molar refractivity (Wildman–Crippen MR) is 97.4 cm³/mol. The molecule has 1 aliphatic heterocycles. The van der Waals surface area contributed by atoms with E-state index in [0.29, 0.717) is 13.1 Å². The topological polar surface area (TPSA) is 29.5 Å². The predicted octanol–water partition coefficient (Wildman–Crippen LogP) is 5.19. The highest BCUT2D eigenvalue weighted by molar-refractivity contribution is 5.69. The fourth-order valence-electron chi connectivity index (χ4n) is 2.35. The Morgan fingerprint density at radius 3 is 2.61 bits per heavy atom. The third kappa shape index (κ3) is 6.31. The fourth-order valence-corrected chi connectivity index (χ4v) is 2.35. The van der Waals surface area contributed by atoms with Crippen molar-refractivity contribution >= 4 is 6.09 Å². The molecule has 1 heterocycles. The van der Waals surface area contributed by atoms with Gasteiger partial charge in [0.15, 0.2) is 0 Å². The quantitative estimate of drug-likeness (QED) is 0.653.